The molecule has 0 atom stereocenters. The number of hydrogen-bond acceptors (Lipinski definition) is 4. The summed E-state index contributed by atoms with van der Waals surface area (Å²) in [7, 11) is -1.77. The SMILES string of the molecule is CCN(CC)S(=O)(=O)c1cc(C)c(C)c(NC(=O)CCNC)c1. The standard InChI is InChI=1S/C16H27N3O3S/c1-6-19(7-2)23(21,22)14-10-12(3)13(4)15(11-14)18-16(20)8-9-17-5/h10-11,17H,6-9H2,1-5H3,(H,18,20). The Kier molecular flexibility index (Phi) is 7.18. The Balaban J connectivity index is 3.21. The van der Waals surface area contributed by atoms with Gasteiger partial charge in [-0.2, -0.15) is 4.31 Å². The fraction of sp³-hybridized carbons (Fsp3) is 0.562. The van der Waals surface area contributed by atoms with Gasteiger partial charge in [-0.25, -0.2) is 8.42 Å². The minimum absolute atomic E-state index is 0.140. The van der Waals surface area contributed by atoms with Crippen LogP contribution in [0, 0.1) is 13.8 Å². The lowest BCUT2D eigenvalue weighted by Gasteiger charge is -2.20. The fourth-order valence-corrected chi connectivity index (χ4v) is 3.84. The summed E-state index contributed by atoms with van der Waals surface area (Å²) in [5.41, 5.74) is 2.26. The molecule has 0 aliphatic rings. The summed E-state index contributed by atoms with van der Waals surface area (Å²) in [4.78, 5) is 12.1. The van der Waals surface area contributed by atoms with Crippen LogP contribution in [0.25, 0.3) is 0 Å². The van der Waals surface area contributed by atoms with Crippen molar-refractivity contribution in [3.63, 3.8) is 0 Å². The number of aryl methyl sites for hydroxylation is 1. The van der Waals surface area contributed by atoms with Crippen LogP contribution in [-0.2, 0) is 14.8 Å². The highest BCUT2D eigenvalue weighted by Gasteiger charge is 2.23. The third-order valence-corrected chi connectivity index (χ3v) is 5.89. The Labute approximate surface area is 139 Å². The third kappa shape index (κ3) is 4.76. The summed E-state index contributed by atoms with van der Waals surface area (Å²) in [5, 5.41) is 5.72. The van der Waals surface area contributed by atoms with E-state index < -0.39 is 10.0 Å². The predicted molar refractivity (Wildman–Crippen MR) is 93.2 cm³/mol. The Bertz CT molecular complexity index is 653. The highest BCUT2D eigenvalue weighted by molar-refractivity contribution is 7.89. The Morgan fingerprint density at radius 2 is 1.78 bits per heavy atom. The number of hydrogen-bond donors (Lipinski definition) is 2. The van der Waals surface area contributed by atoms with Crippen LogP contribution in [0.2, 0.25) is 0 Å². The van der Waals surface area contributed by atoms with Crippen molar-refractivity contribution in [2.45, 2.75) is 39.0 Å². The van der Waals surface area contributed by atoms with Gasteiger partial charge in [0.15, 0.2) is 0 Å². The predicted octanol–water partition coefficient (Wildman–Crippen LogP) is 1.88. The minimum Gasteiger partial charge on any atom is -0.326 e. The van der Waals surface area contributed by atoms with Gasteiger partial charge < -0.3 is 10.6 Å². The molecule has 6 nitrogen and oxygen atoms in total. The monoisotopic (exact) mass is 341 g/mol. The average Bonchev–Trinajstić information content (AvgIpc) is 2.50. The van der Waals surface area contributed by atoms with Crippen LogP contribution in [0.4, 0.5) is 5.69 Å². The lowest BCUT2D eigenvalue weighted by Crippen LogP contribution is -2.30. The molecule has 7 heteroatoms. The molecule has 1 aromatic rings. The maximum Gasteiger partial charge on any atom is 0.243 e. The maximum absolute atomic E-state index is 12.7. The topological polar surface area (TPSA) is 78.5 Å². The van der Waals surface area contributed by atoms with E-state index in [1.165, 1.54) is 4.31 Å². The summed E-state index contributed by atoms with van der Waals surface area (Å²) < 4.78 is 26.7. The van der Waals surface area contributed by atoms with E-state index in [9.17, 15) is 13.2 Å². The normalized spacial score (nSPS) is 11.7. The van der Waals surface area contributed by atoms with Crippen molar-refractivity contribution in [3.8, 4) is 0 Å². The molecule has 0 aromatic heterocycles. The number of rotatable bonds is 8. The van der Waals surface area contributed by atoms with Gasteiger partial charge in [-0.05, 0) is 44.2 Å². The van der Waals surface area contributed by atoms with Gasteiger partial charge in [0.2, 0.25) is 15.9 Å². The maximum atomic E-state index is 12.7. The van der Waals surface area contributed by atoms with Crippen LogP contribution in [0.5, 0.6) is 0 Å². The van der Waals surface area contributed by atoms with Crippen molar-refractivity contribution < 1.29 is 13.2 Å². The van der Waals surface area contributed by atoms with Crippen LogP contribution in [-0.4, -0.2) is 45.3 Å². The van der Waals surface area contributed by atoms with E-state index >= 15 is 0 Å². The van der Waals surface area contributed by atoms with Crippen molar-refractivity contribution in [2.75, 3.05) is 32.0 Å². The van der Waals surface area contributed by atoms with Gasteiger partial charge in [-0.3, -0.25) is 4.79 Å². The second-order valence-corrected chi connectivity index (χ2v) is 7.34. The van der Waals surface area contributed by atoms with E-state index in [4.69, 9.17) is 0 Å². The summed E-state index contributed by atoms with van der Waals surface area (Å²) in [6.45, 7) is 8.73. The van der Waals surface area contributed by atoms with E-state index in [0.29, 0.717) is 31.7 Å². The van der Waals surface area contributed by atoms with Gasteiger partial charge in [0, 0.05) is 31.7 Å². The zero-order valence-corrected chi connectivity index (χ0v) is 15.4. The molecule has 23 heavy (non-hydrogen) atoms. The fourth-order valence-electron chi connectivity index (χ4n) is 2.27. The Morgan fingerprint density at radius 3 is 2.30 bits per heavy atom. The van der Waals surface area contributed by atoms with Crippen molar-refractivity contribution in [1.82, 2.24) is 9.62 Å². The van der Waals surface area contributed by atoms with E-state index in [2.05, 4.69) is 10.6 Å². The zero-order chi connectivity index (χ0) is 17.6. The molecule has 0 radical (unpaired) electrons. The quantitative estimate of drug-likeness (QED) is 0.757. The van der Waals surface area contributed by atoms with E-state index in [-0.39, 0.29) is 10.8 Å². The van der Waals surface area contributed by atoms with Crippen molar-refractivity contribution in [3.05, 3.63) is 23.3 Å². The zero-order valence-electron chi connectivity index (χ0n) is 14.6. The molecular formula is C16H27N3O3S. The van der Waals surface area contributed by atoms with Crippen LogP contribution in [0.3, 0.4) is 0 Å². The average molecular weight is 341 g/mol. The molecule has 0 aliphatic heterocycles. The van der Waals surface area contributed by atoms with Crippen LogP contribution in [0.15, 0.2) is 17.0 Å². The first-order valence-electron chi connectivity index (χ1n) is 7.83. The molecule has 0 bridgehead atoms. The van der Waals surface area contributed by atoms with Gasteiger partial charge in [0.05, 0.1) is 4.90 Å². The lowest BCUT2D eigenvalue weighted by molar-refractivity contribution is -0.116. The lowest BCUT2D eigenvalue weighted by atomic mass is 10.1. The number of carbonyl (C=O) groups is 1. The van der Waals surface area contributed by atoms with Crippen molar-refractivity contribution in [1.29, 1.82) is 0 Å². The number of anilines is 1. The Hall–Kier alpha value is -1.44. The van der Waals surface area contributed by atoms with Gasteiger partial charge >= 0.3 is 0 Å². The number of nitrogens with zero attached hydrogens (tertiary/aromatic N) is 1. The molecule has 2 N–H and O–H groups in total. The summed E-state index contributed by atoms with van der Waals surface area (Å²) in [5.74, 6) is -0.140. The summed E-state index contributed by atoms with van der Waals surface area (Å²) in [6, 6.07) is 3.21. The molecule has 0 saturated heterocycles. The smallest absolute Gasteiger partial charge is 0.243 e. The van der Waals surface area contributed by atoms with Gasteiger partial charge in [-0.1, -0.05) is 13.8 Å². The molecule has 0 aliphatic carbocycles. The first-order chi connectivity index (χ1) is 10.8. The highest BCUT2D eigenvalue weighted by atomic mass is 32.2. The molecule has 0 fully saturated rings. The largest absolute Gasteiger partial charge is 0.326 e. The molecule has 0 spiro atoms. The van der Waals surface area contributed by atoms with E-state index in [1.807, 2.05) is 27.7 Å². The van der Waals surface area contributed by atoms with Crippen LogP contribution >= 0.6 is 0 Å². The van der Waals surface area contributed by atoms with E-state index in [1.54, 1.807) is 19.2 Å². The van der Waals surface area contributed by atoms with Crippen molar-refractivity contribution >= 4 is 21.6 Å². The first kappa shape index (κ1) is 19.6. The molecule has 0 saturated carbocycles. The third-order valence-electron chi connectivity index (χ3n) is 3.86. The van der Waals surface area contributed by atoms with Crippen LogP contribution < -0.4 is 10.6 Å². The molecule has 1 aromatic carbocycles. The summed E-state index contributed by atoms with van der Waals surface area (Å²) >= 11 is 0. The molecule has 1 amide bonds. The molecule has 0 heterocycles. The van der Waals surface area contributed by atoms with Crippen molar-refractivity contribution in [2.24, 2.45) is 0 Å². The van der Waals surface area contributed by atoms with E-state index in [0.717, 1.165) is 11.1 Å². The molecule has 130 valence electrons. The first-order valence-corrected chi connectivity index (χ1v) is 9.27. The highest BCUT2D eigenvalue weighted by Crippen LogP contribution is 2.26. The molecule has 1 rings (SSSR count). The second-order valence-electron chi connectivity index (χ2n) is 5.40. The van der Waals surface area contributed by atoms with Crippen LogP contribution in [0.1, 0.15) is 31.4 Å². The number of amides is 1. The second kappa shape index (κ2) is 8.42. The van der Waals surface area contributed by atoms with Gasteiger partial charge in [0.1, 0.15) is 0 Å². The van der Waals surface area contributed by atoms with Gasteiger partial charge in [-0.15, -0.1) is 0 Å². The Morgan fingerprint density at radius 1 is 1.17 bits per heavy atom. The summed E-state index contributed by atoms with van der Waals surface area (Å²) in [6.07, 6.45) is 0.335. The number of sulfonamides is 1. The van der Waals surface area contributed by atoms with Gasteiger partial charge in [0.25, 0.3) is 0 Å². The number of benzene rings is 1. The molecular weight excluding hydrogens is 314 g/mol. The minimum atomic E-state index is -3.55. The molecule has 0 unspecified atom stereocenters. The number of nitrogens with one attached hydrogen (secondary N) is 2. The number of carbonyl (C=O) groups excluding carboxylic acids is 1.